The van der Waals surface area contributed by atoms with Gasteiger partial charge in [0.25, 0.3) is 5.91 Å². The van der Waals surface area contributed by atoms with Crippen molar-refractivity contribution in [3.05, 3.63) is 59.9 Å². The Bertz CT molecular complexity index is 1040. The van der Waals surface area contributed by atoms with Gasteiger partial charge in [-0.2, -0.15) is 0 Å². The highest BCUT2D eigenvalue weighted by Gasteiger charge is 2.32. The molecule has 1 unspecified atom stereocenters. The summed E-state index contributed by atoms with van der Waals surface area (Å²) in [6.07, 6.45) is 2.90. The number of carbonyl (C=O) groups is 2. The number of likely N-dealkylation sites (tertiary alicyclic amines) is 1. The van der Waals surface area contributed by atoms with Crippen LogP contribution in [-0.2, 0) is 7.05 Å². The fourth-order valence-corrected chi connectivity index (χ4v) is 3.94. The number of carbonyl (C=O) groups excluding carboxylic acids is 2. The minimum atomic E-state index is -0.653. The van der Waals surface area contributed by atoms with Crippen LogP contribution in [0.1, 0.15) is 41.5 Å². The molecule has 0 saturated carbocycles. The molecule has 2 aromatic carbocycles. The molecule has 1 atom stereocenters. The molecule has 7 nitrogen and oxygen atoms in total. The molecule has 4 rings (SSSR count). The van der Waals surface area contributed by atoms with Crippen LogP contribution < -0.4 is 11.1 Å². The lowest BCUT2D eigenvalue weighted by Crippen LogP contribution is -2.39. The third-order valence-corrected chi connectivity index (χ3v) is 5.26. The number of aromatic nitrogens is 2. The van der Waals surface area contributed by atoms with Crippen molar-refractivity contribution in [2.75, 3.05) is 11.9 Å². The summed E-state index contributed by atoms with van der Waals surface area (Å²) in [5, 5.41) is 2.52. The molecule has 3 aromatic rings. The molecule has 3 amide bonds. The summed E-state index contributed by atoms with van der Waals surface area (Å²) in [6, 6.07) is 14.1. The number of anilines is 1. The van der Waals surface area contributed by atoms with Gasteiger partial charge in [-0.25, -0.2) is 9.78 Å². The van der Waals surface area contributed by atoms with Crippen molar-refractivity contribution < 1.29 is 9.59 Å². The van der Waals surface area contributed by atoms with Gasteiger partial charge in [0.1, 0.15) is 5.82 Å². The second-order valence-electron chi connectivity index (χ2n) is 7.10. The first kappa shape index (κ1) is 18.0. The lowest BCUT2D eigenvalue weighted by Gasteiger charge is -2.35. The van der Waals surface area contributed by atoms with E-state index in [1.807, 2.05) is 36.2 Å². The lowest BCUT2D eigenvalue weighted by atomic mass is 10.00. The smallest absolute Gasteiger partial charge is 0.316 e. The van der Waals surface area contributed by atoms with Gasteiger partial charge >= 0.3 is 6.03 Å². The summed E-state index contributed by atoms with van der Waals surface area (Å²) >= 11 is 0. The van der Waals surface area contributed by atoms with Gasteiger partial charge in [-0.05, 0) is 49.6 Å². The van der Waals surface area contributed by atoms with Crippen LogP contribution in [0.3, 0.4) is 0 Å². The van der Waals surface area contributed by atoms with Crippen LogP contribution in [0.2, 0.25) is 0 Å². The van der Waals surface area contributed by atoms with Crippen LogP contribution in [-0.4, -0.2) is 32.9 Å². The van der Waals surface area contributed by atoms with E-state index in [4.69, 9.17) is 10.7 Å². The van der Waals surface area contributed by atoms with Crippen LogP contribution >= 0.6 is 0 Å². The predicted molar refractivity (Wildman–Crippen MR) is 108 cm³/mol. The van der Waals surface area contributed by atoms with Crippen LogP contribution in [0.4, 0.5) is 10.5 Å². The summed E-state index contributed by atoms with van der Waals surface area (Å²) in [5.41, 5.74) is 8.22. The van der Waals surface area contributed by atoms with E-state index in [1.54, 1.807) is 24.3 Å². The topological polar surface area (TPSA) is 93.3 Å². The Balaban J connectivity index is 1.68. The third-order valence-electron chi connectivity index (χ3n) is 5.26. The number of nitrogens with zero attached hydrogens (tertiary/aromatic N) is 3. The van der Waals surface area contributed by atoms with Crippen LogP contribution in [0.15, 0.2) is 48.5 Å². The first-order valence-electron chi connectivity index (χ1n) is 9.43. The average molecular weight is 377 g/mol. The zero-order valence-corrected chi connectivity index (χ0v) is 15.8. The number of para-hydroxylation sites is 2. The number of aryl methyl sites for hydroxylation is 1. The minimum absolute atomic E-state index is 0.0649. The first-order valence-corrected chi connectivity index (χ1v) is 9.43. The van der Waals surface area contributed by atoms with E-state index in [1.165, 1.54) is 0 Å². The summed E-state index contributed by atoms with van der Waals surface area (Å²) in [7, 11) is 2.00. The second-order valence-corrected chi connectivity index (χ2v) is 7.10. The molecule has 1 aromatic heterocycles. The number of benzene rings is 2. The quantitative estimate of drug-likeness (QED) is 0.732. The van der Waals surface area contributed by atoms with Gasteiger partial charge in [0.05, 0.1) is 17.1 Å². The Labute approximate surface area is 163 Å². The maximum atomic E-state index is 13.3. The van der Waals surface area contributed by atoms with Crippen molar-refractivity contribution in [2.45, 2.75) is 25.3 Å². The fourth-order valence-electron chi connectivity index (χ4n) is 3.94. The molecule has 1 aliphatic heterocycles. The molecular formula is C21H23N5O2. The maximum Gasteiger partial charge on any atom is 0.316 e. The molecule has 0 bridgehead atoms. The van der Waals surface area contributed by atoms with E-state index in [9.17, 15) is 9.59 Å². The van der Waals surface area contributed by atoms with Gasteiger partial charge in [-0.15, -0.1) is 0 Å². The van der Waals surface area contributed by atoms with Crippen LogP contribution in [0, 0.1) is 0 Å². The monoisotopic (exact) mass is 377 g/mol. The summed E-state index contributed by atoms with van der Waals surface area (Å²) in [5.74, 6) is 0.838. The van der Waals surface area contributed by atoms with Gasteiger partial charge in [0, 0.05) is 24.8 Å². The number of fused-ring (bicyclic) bond motifs is 1. The van der Waals surface area contributed by atoms with Gasteiger partial charge in [-0.1, -0.05) is 18.2 Å². The Hall–Kier alpha value is -3.35. The molecule has 1 saturated heterocycles. The SMILES string of the molecule is Cn1c(C2CCCCN2C(=O)c2cccc(NC(N)=O)c2)nc2ccccc21. The van der Waals surface area contributed by atoms with Crippen molar-refractivity contribution >= 4 is 28.7 Å². The average Bonchev–Trinajstić information content (AvgIpc) is 3.04. The zero-order chi connectivity index (χ0) is 19.7. The highest BCUT2D eigenvalue weighted by atomic mass is 16.2. The number of urea groups is 1. The molecule has 3 N–H and O–H groups in total. The van der Waals surface area contributed by atoms with E-state index < -0.39 is 6.03 Å². The van der Waals surface area contributed by atoms with Gasteiger partial charge in [-0.3, -0.25) is 4.79 Å². The Morgan fingerprint density at radius 2 is 1.96 bits per heavy atom. The van der Waals surface area contributed by atoms with E-state index in [0.717, 1.165) is 36.1 Å². The minimum Gasteiger partial charge on any atom is -0.351 e. The number of rotatable bonds is 3. The summed E-state index contributed by atoms with van der Waals surface area (Å²) in [4.78, 5) is 31.1. The fraction of sp³-hybridized carbons (Fsp3) is 0.286. The van der Waals surface area contributed by atoms with Crippen molar-refractivity contribution in [3.8, 4) is 0 Å². The van der Waals surface area contributed by atoms with E-state index in [0.29, 0.717) is 17.8 Å². The number of imidazole rings is 1. The molecule has 28 heavy (non-hydrogen) atoms. The van der Waals surface area contributed by atoms with E-state index in [2.05, 4.69) is 9.88 Å². The van der Waals surface area contributed by atoms with Gasteiger partial charge in [0.2, 0.25) is 0 Å². The number of nitrogens with one attached hydrogen (secondary N) is 1. The summed E-state index contributed by atoms with van der Waals surface area (Å²) in [6.45, 7) is 0.681. The van der Waals surface area contributed by atoms with Crippen LogP contribution in [0.5, 0.6) is 0 Å². The molecule has 2 heterocycles. The lowest BCUT2D eigenvalue weighted by molar-refractivity contribution is 0.0597. The number of piperidine rings is 1. The van der Waals surface area contributed by atoms with Crippen LogP contribution in [0.25, 0.3) is 11.0 Å². The predicted octanol–water partition coefficient (Wildman–Crippen LogP) is 3.43. The molecule has 0 spiro atoms. The van der Waals surface area contributed by atoms with Crippen molar-refractivity contribution in [1.82, 2.24) is 14.5 Å². The normalized spacial score (nSPS) is 16.9. The van der Waals surface area contributed by atoms with Crippen molar-refractivity contribution in [3.63, 3.8) is 0 Å². The molecule has 0 radical (unpaired) electrons. The zero-order valence-electron chi connectivity index (χ0n) is 15.8. The Morgan fingerprint density at radius 1 is 1.14 bits per heavy atom. The molecule has 1 aliphatic rings. The number of amides is 3. The molecule has 7 heteroatoms. The van der Waals surface area contributed by atoms with Crippen molar-refractivity contribution in [2.24, 2.45) is 12.8 Å². The standard InChI is InChI=1S/C21H23N5O2/c1-25-17-10-3-2-9-16(17)24-19(25)18-11-4-5-12-26(18)20(27)14-7-6-8-15(13-14)23-21(22)28/h2-3,6-10,13,18H,4-5,11-12H2,1H3,(H3,22,23,28). The largest absolute Gasteiger partial charge is 0.351 e. The summed E-state index contributed by atoms with van der Waals surface area (Å²) < 4.78 is 2.08. The molecule has 0 aliphatic carbocycles. The highest BCUT2D eigenvalue weighted by Crippen LogP contribution is 2.33. The molecule has 144 valence electrons. The number of nitrogens with two attached hydrogens (primary N) is 1. The second kappa shape index (κ2) is 7.34. The van der Waals surface area contributed by atoms with Gasteiger partial charge < -0.3 is 20.5 Å². The maximum absolute atomic E-state index is 13.3. The number of hydrogen-bond donors (Lipinski definition) is 2. The Kier molecular flexibility index (Phi) is 4.73. The van der Waals surface area contributed by atoms with E-state index in [-0.39, 0.29) is 11.9 Å². The first-order chi connectivity index (χ1) is 13.5. The highest BCUT2D eigenvalue weighted by molar-refractivity contribution is 5.97. The number of primary amides is 1. The van der Waals surface area contributed by atoms with Crippen molar-refractivity contribution in [1.29, 1.82) is 0 Å². The molecular weight excluding hydrogens is 354 g/mol. The van der Waals surface area contributed by atoms with E-state index >= 15 is 0 Å². The third kappa shape index (κ3) is 3.31. The Morgan fingerprint density at radius 3 is 2.75 bits per heavy atom. The number of hydrogen-bond acceptors (Lipinski definition) is 3. The molecule has 1 fully saturated rings. The van der Waals surface area contributed by atoms with Gasteiger partial charge in [0.15, 0.2) is 0 Å².